The molecule has 80 valence electrons. The summed E-state index contributed by atoms with van der Waals surface area (Å²) in [5, 5.41) is 10.1. The number of benzene rings is 1. The quantitative estimate of drug-likeness (QED) is 0.746. The average molecular weight is 203 g/mol. The van der Waals surface area contributed by atoms with Crippen LogP contribution in [0.1, 0.15) is 37.5 Å². The van der Waals surface area contributed by atoms with Crippen LogP contribution in [0.4, 0.5) is 0 Å². The Morgan fingerprint density at radius 3 is 2.73 bits per heavy atom. The van der Waals surface area contributed by atoms with E-state index in [-0.39, 0.29) is 0 Å². The topological polar surface area (TPSA) is 32.6 Å². The zero-order chi connectivity index (χ0) is 11.1. The first kappa shape index (κ1) is 10.4. The molecule has 1 aromatic carbocycles. The molecule has 15 heavy (non-hydrogen) atoms. The Bertz CT molecular complexity index is 413. The molecule has 0 radical (unpaired) electrons. The van der Waals surface area contributed by atoms with E-state index in [2.05, 4.69) is 11.1 Å². The number of hydrogen-bond acceptors (Lipinski definition) is 2. The third kappa shape index (κ3) is 1.82. The van der Waals surface area contributed by atoms with Crippen molar-refractivity contribution in [2.24, 2.45) is 4.99 Å². The Hall–Kier alpha value is -1.15. The summed E-state index contributed by atoms with van der Waals surface area (Å²) in [6.07, 6.45) is 0.937. The lowest BCUT2D eigenvalue weighted by Crippen LogP contribution is -2.22. The van der Waals surface area contributed by atoms with Gasteiger partial charge in [0, 0.05) is 12.3 Å². The van der Waals surface area contributed by atoms with Gasteiger partial charge in [-0.3, -0.25) is 4.99 Å². The molecule has 1 aliphatic rings. The SMILES string of the molecule is CC1=NCCc2c1cccc2C(C)(C)O. The fourth-order valence-corrected chi connectivity index (χ4v) is 2.19. The normalized spacial score (nSPS) is 15.9. The molecule has 2 nitrogen and oxygen atoms in total. The molecule has 0 unspecified atom stereocenters. The lowest BCUT2D eigenvalue weighted by molar-refractivity contribution is 0.0776. The second-order valence-electron chi connectivity index (χ2n) is 4.61. The maximum atomic E-state index is 10.1. The smallest absolute Gasteiger partial charge is 0.0843 e. The van der Waals surface area contributed by atoms with Crippen LogP contribution in [0, 0.1) is 0 Å². The van der Waals surface area contributed by atoms with E-state index in [1.165, 1.54) is 11.1 Å². The number of hydrogen-bond donors (Lipinski definition) is 1. The minimum absolute atomic E-state index is 0.761. The molecule has 0 aromatic heterocycles. The molecule has 1 aromatic rings. The van der Waals surface area contributed by atoms with Crippen LogP contribution in [0.5, 0.6) is 0 Å². The van der Waals surface area contributed by atoms with Gasteiger partial charge in [0.2, 0.25) is 0 Å². The van der Waals surface area contributed by atoms with Crippen molar-refractivity contribution in [2.75, 3.05) is 6.54 Å². The van der Waals surface area contributed by atoms with Gasteiger partial charge in [0.15, 0.2) is 0 Å². The summed E-state index contributed by atoms with van der Waals surface area (Å²) in [7, 11) is 0. The third-order valence-corrected chi connectivity index (χ3v) is 2.94. The lowest BCUT2D eigenvalue weighted by Gasteiger charge is -2.25. The number of rotatable bonds is 1. The van der Waals surface area contributed by atoms with E-state index >= 15 is 0 Å². The van der Waals surface area contributed by atoms with Crippen LogP contribution < -0.4 is 0 Å². The monoisotopic (exact) mass is 203 g/mol. The van der Waals surface area contributed by atoms with Gasteiger partial charge in [-0.1, -0.05) is 18.2 Å². The predicted molar refractivity (Wildman–Crippen MR) is 62.5 cm³/mol. The zero-order valence-corrected chi connectivity index (χ0v) is 9.54. The highest BCUT2D eigenvalue weighted by Gasteiger charge is 2.23. The van der Waals surface area contributed by atoms with Crippen molar-refractivity contribution in [1.82, 2.24) is 0 Å². The van der Waals surface area contributed by atoms with Gasteiger partial charge in [0.05, 0.1) is 5.60 Å². The Kier molecular flexibility index (Phi) is 2.39. The average Bonchev–Trinajstić information content (AvgIpc) is 2.16. The molecule has 0 fully saturated rings. The summed E-state index contributed by atoms with van der Waals surface area (Å²) < 4.78 is 0. The fraction of sp³-hybridized carbons (Fsp3) is 0.462. The highest BCUT2D eigenvalue weighted by atomic mass is 16.3. The Balaban J connectivity index is 2.61. The second-order valence-corrected chi connectivity index (χ2v) is 4.61. The first-order valence-corrected chi connectivity index (χ1v) is 5.36. The molecule has 2 rings (SSSR count). The van der Waals surface area contributed by atoms with Crippen molar-refractivity contribution in [3.05, 3.63) is 34.9 Å². The van der Waals surface area contributed by atoms with Crippen LogP contribution in [0.25, 0.3) is 0 Å². The second kappa shape index (κ2) is 3.46. The van der Waals surface area contributed by atoms with Crippen molar-refractivity contribution in [2.45, 2.75) is 32.8 Å². The van der Waals surface area contributed by atoms with Crippen molar-refractivity contribution >= 4 is 5.71 Å². The molecular weight excluding hydrogens is 186 g/mol. The molecule has 0 spiro atoms. The minimum atomic E-state index is -0.761. The maximum absolute atomic E-state index is 10.1. The summed E-state index contributed by atoms with van der Waals surface area (Å²) >= 11 is 0. The van der Waals surface area contributed by atoms with Gasteiger partial charge in [-0.2, -0.15) is 0 Å². The Morgan fingerprint density at radius 2 is 2.07 bits per heavy atom. The van der Waals surface area contributed by atoms with Crippen LogP contribution in [-0.2, 0) is 12.0 Å². The van der Waals surface area contributed by atoms with Crippen LogP contribution in [0.3, 0.4) is 0 Å². The van der Waals surface area contributed by atoms with E-state index < -0.39 is 5.60 Å². The standard InChI is InChI=1S/C13H17NO/c1-9-10-5-4-6-12(13(2,3)15)11(10)7-8-14-9/h4-6,15H,7-8H2,1-3H3. The highest BCUT2D eigenvalue weighted by Crippen LogP contribution is 2.28. The minimum Gasteiger partial charge on any atom is -0.386 e. The first-order valence-electron chi connectivity index (χ1n) is 5.36. The molecule has 0 atom stereocenters. The van der Waals surface area contributed by atoms with E-state index in [4.69, 9.17) is 0 Å². The van der Waals surface area contributed by atoms with Crippen LogP contribution >= 0.6 is 0 Å². The summed E-state index contributed by atoms with van der Waals surface area (Å²) in [5.41, 5.74) is 3.82. The van der Waals surface area contributed by atoms with Gasteiger partial charge in [-0.25, -0.2) is 0 Å². The van der Waals surface area contributed by atoms with E-state index in [0.717, 1.165) is 24.2 Å². The van der Waals surface area contributed by atoms with Crippen molar-refractivity contribution in [3.8, 4) is 0 Å². The van der Waals surface area contributed by atoms with E-state index in [0.29, 0.717) is 0 Å². The molecule has 1 aliphatic heterocycles. The number of nitrogens with zero attached hydrogens (tertiary/aromatic N) is 1. The predicted octanol–water partition coefficient (Wildman–Crippen LogP) is 2.28. The van der Waals surface area contributed by atoms with Crippen molar-refractivity contribution in [3.63, 3.8) is 0 Å². The van der Waals surface area contributed by atoms with E-state index in [9.17, 15) is 5.11 Å². The van der Waals surface area contributed by atoms with Crippen LogP contribution in [-0.4, -0.2) is 17.4 Å². The van der Waals surface area contributed by atoms with Crippen molar-refractivity contribution < 1.29 is 5.11 Å². The number of aliphatic hydroxyl groups is 1. The fourth-order valence-electron chi connectivity index (χ4n) is 2.19. The largest absolute Gasteiger partial charge is 0.386 e. The number of aliphatic imine (C=N–C) groups is 1. The molecule has 2 heteroatoms. The van der Waals surface area contributed by atoms with Gasteiger partial charge in [-0.05, 0) is 43.9 Å². The molecule has 0 saturated carbocycles. The van der Waals surface area contributed by atoms with E-state index in [1.54, 1.807) is 0 Å². The van der Waals surface area contributed by atoms with Gasteiger partial charge in [0.25, 0.3) is 0 Å². The Morgan fingerprint density at radius 1 is 1.33 bits per heavy atom. The van der Waals surface area contributed by atoms with E-state index in [1.807, 2.05) is 32.9 Å². The molecule has 0 amide bonds. The van der Waals surface area contributed by atoms with Crippen molar-refractivity contribution in [1.29, 1.82) is 0 Å². The summed E-state index contributed by atoms with van der Waals surface area (Å²) in [6.45, 7) is 6.55. The third-order valence-electron chi connectivity index (χ3n) is 2.94. The molecule has 0 aliphatic carbocycles. The maximum Gasteiger partial charge on any atom is 0.0843 e. The molecular formula is C13H17NO. The van der Waals surface area contributed by atoms with Gasteiger partial charge in [-0.15, -0.1) is 0 Å². The lowest BCUT2D eigenvalue weighted by atomic mass is 9.86. The van der Waals surface area contributed by atoms with Crippen LogP contribution in [0.2, 0.25) is 0 Å². The Labute approximate surface area is 90.7 Å². The zero-order valence-electron chi connectivity index (χ0n) is 9.54. The molecule has 0 saturated heterocycles. The number of fused-ring (bicyclic) bond motifs is 1. The highest BCUT2D eigenvalue weighted by molar-refractivity contribution is 6.01. The summed E-state index contributed by atoms with van der Waals surface area (Å²) in [5.74, 6) is 0. The molecule has 1 heterocycles. The van der Waals surface area contributed by atoms with Crippen LogP contribution in [0.15, 0.2) is 23.2 Å². The van der Waals surface area contributed by atoms with Gasteiger partial charge >= 0.3 is 0 Å². The van der Waals surface area contributed by atoms with Gasteiger partial charge < -0.3 is 5.11 Å². The van der Waals surface area contributed by atoms with Gasteiger partial charge in [0.1, 0.15) is 0 Å². The summed E-state index contributed by atoms with van der Waals surface area (Å²) in [6, 6.07) is 6.09. The summed E-state index contributed by atoms with van der Waals surface area (Å²) in [4.78, 5) is 4.43. The molecule has 1 N–H and O–H groups in total. The first-order chi connectivity index (χ1) is 7.00. The molecule has 0 bridgehead atoms.